The van der Waals surface area contributed by atoms with Crippen LogP contribution in [-0.2, 0) is 13.0 Å². The van der Waals surface area contributed by atoms with E-state index in [1.807, 2.05) is 6.07 Å². The average molecular weight is 313 g/mol. The Bertz CT molecular complexity index is 675. The lowest BCUT2D eigenvalue weighted by Crippen LogP contribution is -2.34. The van der Waals surface area contributed by atoms with Crippen LogP contribution in [0, 0.1) is 0 Å². The maximum atomic E-state index is 11.6. The highest BCUT2D eigenvalue weighted by Crippen LogP contribution is 2.25. The number of hydrogen-bond acceptors (Lipinski definition) is 4. The molecule has 0 amide bonds. The zero-order chi connectivity index (χ0) is 16.1. The molecule has 4 heteroatoms. The first kappa shape index (κ1) is 15.8. The van der Waals surface area contributed by atoms with Gasteiger partial charge in [-0.05, 0) is 24.8 Å². The third kappa shape index (κ3) is 4.23. The Morgan fingerprint density at radius 2 is 1.91 bits per heavy atom. The smallest absolute Gasteiger partial charge is 0.226 e. The van der Waals surface area contributed by atoms with E-state index in [0.29, 0.717) is 18.3 Å². The Kier molecular flexibility index (Phi) is 5.13. The Morgan fingerprint density at radius 3 is 2.61 bits per heavy atom. The summed E-state index contributed by atoms with van der Waals surface area (Å²) in [6.07, 6.45) is 7.08. The predicted octanol–water partition coefficient (Wildman–Crippen LogP) is 3.33. The number of rotatable bonds is 6. The van der Waals surface area contributed by atoms with Crippen LogP contribution in [0.5, 0.6) is 5.75 Å². The summed E-state index contributed by atoms with van der Waals surface area (Å²) in [6.45, 7) is 1.56. The fourth-order valence-corrected chi connectivity index (χ4v) is 3.30. The molecule has 0 saturated heterocycles. The van der Waals surface area contributed by atoms with Crippen molar-refractivity contribution in [2.75, 3.05) is 6.54 Å². The van der Waals surface area contributed by atoms with E-state index in [0.717, 1.165) is 19.2 Å². The second-order valence-electron chi connectivity index (χ2n) is 6.24. The van der Waals surface area contributed by atoms with Crippen molar-refractivity contribution < 1.29 is 9.52 Å². The molecule has 1 aliphatic carbocycles. The van der Waals surface area contributed by atoms with Gasteiger partial charge in [-0.25, -0.2) is 0 Å². The lowest BCUT2D eigenvalue weighted by Gasteiger charge is -2.28. The van der Waals surface area contributed by atoms with Crippen molar-refractivity contribution in [2.24, 2.45) is 0 Å². The zero-order valence-corrected chi connectivity index (χ0v) is 13.3. The SMILES string of the molecule is O=c1cc(CN(CCc2ccccc2)C2CCCC2)occ1O. The average Bonchev–Trinajstić information content (AvgIpc) is 3.10. The van der Waals surface area contributed by atoms with Crippen molar-refractivity contribution in [3.05, 3.63) is 64.2 Å². The van der Waals surface area contributed by atoms with Gasteiger partial charge in [0.05, 0.1) is 6.54 Å². The van der Waals surface area contributed by atoms with Crippen LogP contribution in [0.15, 0.2) is 51.9 Å². The van der Waals surface area contributed by atoms with Crippen LogP contribution < -0.4 is 5.43 Å². The third-order valence-electron chi connectivity index (χ3n) is 4.60. The van der Waals surface area contributed by atoms with Gasteiger partial charge in [-0.15, -0.1) is 0 Å². The minimum Gasteiger partial charge on any atom is -0.502 e. The molecule has 122 valence electrons. The number of benzene rings is 1. The Hall–Kier alpha value is -2.07. The summed E-state index contributed by atoms with van der Waals surface area (Å²) in [7, 11) is 0. The van der Waals surface area contributed by atoms with E-state index in [-0.39, 0.29) is 11.2 Å². The first-order valence-corrected chi connectivity index (χ1v) is 8.31. The van der Waals surface area contributed by atoms with Gasteiger partial charge >= 0.3 is 0 Å². The lowest BCUT2D eigenvalue weighted by molar-refractivity contribution is 0.175. The highest BCUT2D eigenvalue weighted by atomic mass is 16.4. The molecule has 1 fully saturated rings. The summed E-state index contributed by atoms with van der Waals surface area (Å²) in [5.74, 6) is 0.290. The molecule has 0 spiro atoms. The third-order valence-corrected chi connectivity index (χ3v) is 4.60. The van der Waals surface area contributed by atoms with Crippen LogP contribution in [0.2, 0.25) is 0 Å². The maximum absolute atomic E-state index is 11.6. The molecular weight excluding hydrogens is 290 g/mol. The molecule has 0 bridgehead atoms. The van der Waals surface area contributed by atoms with E-state index in [9.17, 15) is 9.90 Å². The molecule has 1 aromatic carbocycles. The fourth-order valence-electron chi connectivity index (χ4n) is 3.30. The summed E-state index contributed by atoms with van der Waals surface area (Å²) in [5, 5.41) is 9.32. The van der Waals surface area contributed by atoms with Crippen LogP contribution in [-0.4, -0.2) is 22.6 Å². The molecule has 0 atom stereocenters. The molecule has 1 N–H and O–H groups in total. The minimum absolute atomic E-state index is 0.328. The van der Waals surface area contributed by atoms with Gasteiger partial charge in [0.15, 0.2) is 5.75 Å². The topological polar surface area (TPSA) is 53.7 Å². The van der Waals surface area contributed by atoms with Crippen LogP contribution in [0.25, 0.3) is 0 Å². The fraction of sp³-hybridized carbons (Fsp3) is 0.421. The molecule has 4 nitrogen and oxygen atoms in total. The van der Waals surface area contributed by atoms with Crippen LogP contribution >= 0.6 is 0 Å². The molecule has 23 heavy (non-hydrogen) atoms. The molecule has 1 aliphatic rings. The first-order valence-electron chi connectivity index (χ1n) is 8.31. The molecular formula is C19H23NO3. The van der Waals surface area contributed by atoms with E-state index in [2.05, 4.69) is 29.2 Å². The Balaban J connectivity index is 1.70. The van der Waals surface area contributed by atoms with Gasteiger partial charge in [-0.1, -0.05) is 43.2 Å². The van der Waals surface area contributed by atoms with Crippen molar-refractivity contribution >= 4 is 0 Å². The largest absolute Gasteiger partial charge is 0.502 e. The Morgan fingerprint density at radius 1 is 1.17 bits per heavy atom. The van der Waals surface area contributed by atoms with Crippen molar-refractivity contribution in [3.63, 3.8) is 0 Å². The summed E-state index contributed by atoms with van der Waals surface area (Å²) >= 11 is 0. The summed E-state index contributed by atoms with van der Waals surface area (Å²) in [4.78, 5) is 14.0. The molecule has 1 aromatic heterocycles. The van der Waals surface area contributed by atoms with Gasteiger partial charge in [0.2, 0.25) is 5.43 Å². The lowest BCUT2D eigenvalue weighted by atomic mass is 10.1. The molecule has 1 saturated carbocycles. The Labute approximate surface area is 136 Å². The van der Waals surface area contributed by atoms with Crippen LogP contribution in [0.1, 0.15) is 37.0 Å². The van der Waals surface area contributed by atoms with Gasteiger partial charge in [0.1, 0.15) is 12.0 Å². The maximum Gasteiger partial charge on any atom is 0.226 e. The van der Waals surface area contributed by atoms with Crippen molar-refractivity contribution in [1.82, 2.24) is 4.90 Å². The van der Waals surface area contributed by atoms with E-state index in [4.69, 9.17) is 4.42 Å². The van der Waals surface area contributed by atoms with Crippen molar-refractivity contribution in [3.8, 4) is 5.75 Å². The standard InChI is InChI=1S/C19H23NO3/c21-18-12-17(23-14-19(18)22)13-20(16-8-4-5-9-16)11-10-15-6-2-1-3-7-15/h1-3,6-7,12,14,16,22H,4-5,8-11,13H2. The monoisotopic (exact) mass is 313 g/mol. The van der Waals surface area contributed by atoms with Gasteiger partial charge < -0.3 is 9.52 Å². The highest BCUT2D eigenvalue weighted by Gasteiger charge is 2.23. The number of hydrogen-bond donors (Lipinski definition) is 1. The minimum atomic E-state index is -0.374. The predicted molar refractivity (Wildman–Crippen MR) is 89.5 cm³/mol. The van der Waals surface area contributed by atoms with Gasteiger partial charge in [-0.3, -0.25) is 9.69 Å². The van der Waals surface area contributed by atoms with E-state index < -0.39 is 0 Å². The molecule has 3 rings (SSSR count). The second kappa shape index (κ2) is 7.47. The zero-order valence-electron chi connectivity index (χ0n) is 13.3. The molecule has 0 aliphatic heterocycles. The summed E-state index contributed by atoms with van der Waals surface area (Å²) < 4.78 is 5.39. The van der Waals surface area contributed by atoms with Gasteiger partial charge in [0.25, 0.3) is 0 Å². The van der Waals surface area contributed by atoms with Crippen molar-refractivity contribution in [1.29, 1.82) is 0 Å². The van der Waals surface area contributed by atoms with Gasteiger partial charge in [0, 0.05) is 18.7 Å². The quantitative estimate of drug-likeness (QED) is 0.889. The number of nitrogens with zero attached hydrogens (tertiary/aromatic N) is 1. The first-order chi connectivity index (χ1) is 11.2. The number of aromatic hydroxyl groups is 1. The van der Waals surface area contributed by atoms with Gasteiger partial charge in [-0.2, -0.15) is 0 Å². The highest BCUT2D eigenvalue weighted by molar-refractivity contribution is 5.16. The normalized spacial score (nSPS) is 15.3. The van der Waals surface area contributed by atoms with Crippen molar-refractivity contribution in [2.45, 2.75) is 44.7 Å². The molecule has 0 radical (unpaired) electrons. The second-order valence-corrected chi connectivity index (χ2v) is 6.24. The molecule has 1 heterocycles. The van der Waals surface area contributed by atoms with Crippen LogP contribution in [0.3, 0.4) is 0 Å². The molecule has 0 unspecified atom stereocenters. The van der Waals surface area contributed by atoms with E-state index in [1.165, 1.54) is 37.3 Å². The summed E-state index contributed by atoms with van der Waals surface area (Å²) in [6, 6.07) is 12.4. The summed E-state index contributed by atoms with van der Waals surface area (Å²) in [5.41, 5.74) is 0.948. The molecule has 2 aromatic rings. The van der Waals surface area contributed by atoms with E-state index in [1.54, 1.807) is 0 Å². The van der Waals surface area contributed by atoms with E-state index >= 15 is 0 Å². The van der Waals surface area contributed by atoms with Crippen LogP contribution in [0.4, 0.5) is 0 Å².